The van der Waals surface area contributed by atoms with Gasteiger partial charge in [0.05, 0.1) is 11.0 Å². The molecule has 1 aromatic carbocycles. The summed E-state index contributed by atoms with van der Waals surface area (Å²) < 4.78 is 19.4. The number of benzene rings is 1. The summed E-state index contributed by atoms with van der Waals surface area (Å²) in [7, 11) is 0. The van der Waals surface area contributed by atoms with Crippen molar-refractivity contribution in [3.05, 3.63) is 40.4 Å². The zero-order chi connectivity index (χ0) is 12.0. The smallest absolute Gasteiger partial charge is 0.334 e. The van der Waals surface area contributed by atoms with Gasteiger partial charge in [0.25, 0.3) is 0 Å². The maximum Gasteiger partial charge on any atom is 0.334 e. The molecule has 0 radical (unpaired) electrons. The van der Waals surface area contributed by atoms with Crippen molar-refractivity contribution in [2.24, 2.45) is 0 Å². The largest absolute Gasteiger partial charge is 0.408 e. The SMILES string of the molecule is Cc1nnc(-n2c(=O)[nH]c3cc(F)ccc32)o1. The molecule has 6 nitrogen and oxygen atoms in total. The first-order valence-electron chi connectivity index (χ1n) is 4.86. The number of H-pyrrole nitrogens is 1. The third-order valence-electron chi connectivity index (χ3n) is 2.35. The molecule has 0 fully saturated rings. The molecule has 0 aliphatic heterocycles. The van der Waals surface area contributed by atoms with Crippen LogP contribution in [0.1, 0.15) is 5.89 Å². The van der Waals surface area contributed by atoms with Crippen molar-refractivity contribution >= 4 is 11.0 Å². The van der Waals surface area contributed by atoms with E-state index in [9.17, 15) is 9.18 Å². The first-order valence-corrected chi connectivity index (χ1v) is 4.86. The quantitative estimate of drug-likeness (QED) is 0.685. The van der Waals surface area contributed by atoms with E-state index in [1.54, 1.807) is 6.92 Å². The minimum Gasteiger partial charge on any atom is -0.408 e. The first-order chi connectivity index (χ1) is 8.15. The highest BCUT2D eigenvalue weighted by molar-refractivity contribution is 5.76. The number of halogens is 1. The van der Waals surface area contributed by atoms with Gasteiger partial charge in [0.15, 0.2) is 0 Å². The minimum atomic E-state index is -0.450. The van der Waals surface area contributed by atoms with Crippen LogP contribution in [-0.4, -0.2) is 19.7 Å². The van der Waals surface area contributed by atoms with E-state index in [-0.39, 0.29) is 6.01 Å². The Morgan fingerprint density at radius 1 is 1.41 bits per heavy atom. The van der Waals surface area contributed by atoms with Crippen LogP contribution in [-0.2, 0) is 0 Å². The second kappa shape index (κ2) is 3.27. The van der Waals surface area contributed by atoms with Crippen LogP contribution >= 0.6 is 0 Å². The topological polar surface area (TPSA) is 76.7 Å². The molecule has 0 spiro atoms. The van der Waals surface area contributed by atoms with Crippen molar-refractivity contribution in [3.63, 3.8) is 0 Å². The monoisotopic (exact) mass is 234 g/mol. The summed E-state index contributed by atoms with van der Waals surface area (Å²) in [6.45, 7) is 1.62. The number of rotatable bonds is 1. The lowest BCUT2D eigenvalue weighted by molar-refractivity contribution is 0.495. The van der Waals surface area contributed by atoms with Gasteiger partial charge >= 0.3 is 11.7 Å². The molecule has 0 aliphatic rings. The third kappa shape index (κ3) is 1.43. The molecule has 0 aliphatic carbocycles. The molecule has 0 saturated carbocycles. The van der Waals surface area contributed by atoms with Gasteiger partial charge in [-0.2, -0.15) is 0 Å². The number of hydrogen-bond acceptors (Lipinski definition) is 4. The summed E-state index contributed by atoms with van der Waals surface area (Å²) in [6, 6.07) is 4.03. The maximum atomic E-state index is 13.0. The molecular weight excluding hydrogens is 227 g/mol. The van der Waals surface area contributed by atoms with Gasteiger partial charge in [-0.15, -0.1) is 5.10 Å². The number of aromatic nitrogens is 4. The highest BCUT2D eigenvalue weighted by Crippen LogP contribution is 2.15. The van der Waals surface area contributed by atoms with Gasteiger partial charge in [0, 0.05) is 6.92 Å². The van der Waals surface area contributed by atoms with E-state index in [1.165, 1.54) is 22.8 Å². The number of fused-ring (bicyclic) bond motifs is 1. The zero-order valence-electron chi connectivity index (χ0n) is 8.77. The van der Waals surface area contributed by atoms with Crippen molar-refractivity contribution in [3.8, 4) is 6.01 Å². The standard InChI is InChI=1S/C10H7FN4O2/c1-5-13-14-10(17-5)15-8-3-2-6(11)4-7(8)12-9(15)16/h2-4H,1H3,(H,12,16). The van der Waals surface area contributed by atoms with Crippen LogP contribution in [0.2, 0.25) is 0 Å². The lowest BCUT2D eigenvalue weighted by atomic mass is 10.3. The second-order valence-electron chi connectivity index (χ2n) is 3.53. The lowest BCUT2D eigenvalue weighted by Gasteiger charge is -1.95. The molecule has 0 atom stereocenters. The number of nitrogens with zero attached hydrogens (tertiary/aromatic N) is 3. The highest BCUT2D eigenvalue weighted by Gasteiger charge is 2.13. The first kappa shape index (κ1) is 9.76. The summed E-state index contributed by atoms with van der Waals surface area (Å²) in [4.78, 5) is 14.2. The van der Waals surface area contributed by atoms with E-state index >= 15 is 0 Å². The summed E-state index contributed by atoms with van der Waals surface area (Å²) in [6.07, 6.45) is 0. The normalized spacial score (nSPS) is 11.2. The van der Waals surface area contributed by atoms with Gasteiger partial charge in [-0.05, 0) is 18.2 Å². The third-order valence-corrected chi connectivity index (χ3v) is 2.35. The minimum absolute atomic E-state index is 0.0605. The molecule has 86 valence electrons. The maximum absolute atomic E-state index is 13.0. The average Bonchev–Trinajstić information content (AvgIpc) is 2.80. The van der Waals surface area contributed by atoms with Gasteiger partial charge in [-0.3, -0.25) is 0 Å². The fourth-order valence-corrected chi connectivity index (χ4v) is 1.65. The molecule has 0 saturated heterocycles. The van der Waals surface area contributed by atoms with Crippen molar-refractivity contribution in [2.75, 3.05) is 0 Å². The number of aromatic amines is 1. The van der Waals surface area contributed by atoms with Crippen molar-refractivity contribution in [1.82, 2.24) is 19.7 Å². The van der Waals surface area contributed by atoms with E-state index in [4.69, 9.17) is 4.42 Å². The van der Waals surface area contributed by atoms with Crippen LogP contribution in [0, 0.1) is 12.7 Å². The van der Waals surface area contributed by atoms with Gasteiger partial charge < -0.3 is 9.40 Å². The summed E-state index contributed by atoms with van der Waals surface area (Å²) in [5.41, 5.74) is 0.417. The summed E-state index contributed by atoms with van der Waals surface area (Å²) in [5.74, 6) is -0.0732. The highest BCUT2D eigenvalue weighted by atomic mass is 19.1. The molecule has 0 unspecified atom stereocenters. The zero-order valence-corrected chi connectivity index (χ0v) is 8.77. The van der Waals surface area contributed by atoms with E-state index in [1.807, 2.05) is 0 Å². The second-order valence-corrected chi connectivity index (χ2v) is 3.53. The van der Waals surface area contributed by atoms with Gasteiger partial charge in [0.2, 0.25) is 5.89 Å². The summed E-state index contributed by atoms with van der Waals surface area (Å²) >= 11 is 0. The van der Waals surface area contributed by atoms with Crippen LogP contribution in [0.4, 0.5) is 4.39 Å². The molecule has 17 heavy (non-hydrogen) atoms. The Labute approximate surface area is 93.7 Å². The fourth-order valence-electron chi connectivity index (χ4n) is 1.65. The van der Waals surface area contributed by atoms with Crippen molar-refractivity contribution in [1.29, 1.82) is 0 Å². The van der Waals surface area contributed by atoms with Crippen LogP contribution in [0.15, 0.2) is 27.4 Å². The molecule has 7 heteroatoms. The van der Waals surface area contributed by atoms with Gasteiger partial charge in [0.1, 0.15) is 5.82 Å². The Morgan fingerprint density at radius 2 is 2.24 bits per heavy atom. The van der Waals surface area contributed by atoms with Crippen LogP contribution < -0.4 is 5.69 Å². The molecular formula is C10H7FN4O2. The van der Waals surface area contributed by atoms with Crippen molar-refractivity contribution in [2.45, 2.75) is 6.92 Å². The predicted molar refractivity (Wildman–Crippen MR) is 56.4 cm³/mol. The molecule has 1 N–H and O–H groups in total. The lowest BCUT2D eigenvalue weighted by Crippen LogP contribution is -2.14. The number of nitrogens with one attached hydrogen (secondary N) is 1. The van der Waals surface area contributed by atoms with Gasteiger partial charge in [-0.1, -0.05) is 5.10 Å². The molecule has 2 aromatic heterocycles. The molecule has 2 heterocycles. The molecule has 3 aromatic rings. The molecule has 0 amide bonds. The van der Waals surface area contributed by atoms with Gasteiger partial charge in [-0.25, -0.2) is 13.8 Å². The van der Waals surface area contributed by atoms with Crippen LogP contribution in [0.25, 0.3) is 17.0 Å². The molecule has 3 rings (SSSR count). The van der Waals surface area contributed by atoms with E-state index in [0.29, 0.717) is 16.9 Å². The average molecular weight is 234 g/mol. The predicted octanol–water partition coefficient (Wildman–Crippen LogP) is 1.15. The number of aryl methyl sites for hydroxylation is 1. The van der Waals surface area contributed by atoms with E-state index in [0.717, 1.165) is 0 Å². The number of hydrogen-bond donors (Lipinski definition) is 1. The number of imidazole rings is 1. The fraction of sp³-hybridized carbons (Fsp3) is 0.100. The summed E-state index contributed by atoms with van der Waals surface area (Å²) in [5, 5.41) is 7.40. The molecule has 0 bridgehead atoms. The van der Waals surface area contributed by atoms with Crippen LogP contribution in [0.3, 0.4) is 0 Å². The van der Waals surface area contributed by atoms with Crippen molar-refractivity contribution < 1.29 is 8.81 Å². The Hall–Kier alpha value is -2.44. The Morgan fingerprint density at radius 3 is 2.94 bits per heavy atom. The Kier molecular flexibility index (Phi) is 1.88. The van der Waals surface area contributed by atoms with Crippen LogP contribution in [0.5, 0.6) is 0 Å². The van der Waals surface area contributed by atoms with E-state index < -0.39 is 11.5 Å². The Balaban J connectivity index is 2.36. The van der Waals surface area contributed by atoms with E-state index in [2.05, 4.69) is 15.2 Å². The Bertz CT molecular complexity index is 755.